The second kappa shape index (κ2) is 8.80. The summed E-state index contributed by atoms with van der Waals surface area (Å²) in [6.07, 6.45) is 5.02. The average molecular weight is 692 g/mol. The van der Waals surface area contributed by atoms with Crippen LogP contribution in [0.1, 0.15) is 40.6 Å². The Labute approximate surface area is 238 Å². The molecule has 176 valence electrons. The van der Waals surface area contributed by atoms with Gasteiger partial charge in [-0.3, -0.25) is 0 Å². The van der Waals surface area contributed by atoms with Gasteiger partial charge in [-0.15, -0.1) is 0 Å². The van der Waals surface area contributed by atoms with Gasteiger partial charge in [-0.25, -0.2) is 0 Å². The summed E-state index contributed by atoms with van der Waals surface area (Å²) in [5, 5.41) is 0. The van der Waals surface area contributed by atoms with Crippen LogP contribution in [0.4, 0.5) is 0 Å². The monoisotopic (exact) mass is 688 g/mol. The van der Waals surface area contributed by atoms with Crippen molar-refractivity contribution in [2.24, 2.45) is 0 Å². The first kappa shape index (κ1) is 23.7. The second-order valence-corrected chi connectivity index (χ2v) is 25.1. The zero-order valence-corrected chi connectivity index (χ0v) is 26.5. The van der Waals surface area contributed by atoms with Gasteiger partial charge in [0.05, 0.1) is 0 Å². The van der Waals surface area contributed by atoms with E-state index in [1.54, 1.807) is 0 Å². The zero-order chi connectivity index (χ0) is 24.6. The van der Waals surface area contributed by atoms with E-state index in [2.05, 4.69) is 138 Å². The normalized spacial score (nSPS) is 20.7. The van der Waals surface area contributed by atoms with Gasteiger partial charge in [-0.1, -0.05) is 0 Å². The van der Waals surface area contributed by atoms with Crippen LogP contribution in [0.2, 0.25) is 9.26 Å². The number of halogens is 2. The fraction of sp³-hybridized carbons (Fsp3) is 0.125. The van der Waals surface area contributed by atoms with Gasteiger partial charge >= 0.3 is 241 Å². The molecule has 0 amide bonds. The van der Waals surface area contributed by atoms with Crippen LogP contribution in [0.3, 0.4) is 0 Å². The van der Waals surface area contributed by atoms with E-state index >= 15 is 0 Å². The number of allylic oxidation sites excluding steroid dienone is 2. The third kappa shape index (κ3) is 3.55. The van der Waals surface area contributed by atoms with E-state index in [0.717, 1.165) is 0 Å². The third-order valence-corrected chi connectivity index (χ3v) is 20.7. The van der Waals surface area contributed by atoms with E-state index in [1.807, 2.05) is 11.8 Å². The molecule has 2 unspecified atom stereocenters. The molecule has 0 saturated carbocycles. The van der Waals surface area contributed by atoms with Crippen LogP contribution in [0.15, 0.2) is 104 Å². The topological polar surface area (TPSA) is 0 Å². The summed E-state index contributed by atoms with van der Waals surface area (Å²) in [4.78, 5) is 2.64. The molecule has 0 spiro atoms. The molecule has 0 N–H and O–H groups in total. The molecule has 2 heterocycles. The molecule has 0 radical (unpaired) electrons. The van der Waals surface area contributed by atoms with Crippen molar-refractivity contribution in [2.45, 2.75) is 26.3 Å². The fourth-order valence-corrected chi connectivity index (χ4v) is 21.3. The first-order chi connectivity index (χ1) is 17.4. The van der Waals surface area contributed by atoms with Crippen LogP contribution in [0.25, 0.3) is 23.3 Å². The molecule has 0 fully saturated rings. The molecule has 4 aromatic carbocycles. The number of fused-ring (bicyclic) bond motifs is 1. The second-order valence-electron chi connectivity index (χ2n) is 10.5. The summed E-state index contributed by atoms with van der Waals surface area (Å²) in [7, 11) is 0. The van der Waals surface area contributed by atoms with Crippen LogP contribution in [-0.2, 0) is 20.3 Å². The predicted molar refractivity (Wildman–Crippen MR) is 158 cm³/mol. The maximum absolute atomic E-state index is 4.07. The summed E-state index contributed by atoms with van der Waals surface area (Å²) >= 11 is 6.87. The van der Waals surface area contributed by atoms with Gasteiger partial charge in [0.1, 0.15) is 0 Å². The van der Waals surface area contributed by atoms with Gasteiger partial charge in [0.15, 0.2) is 0 Å². The summed E-state index contributed by atoms with van der Waals surface area (Å²) in [6, 6.07) is 31.5. The molecule has 0 saturated heterocycles. The quantitative estimate of drug-likeness (QED) is 0.202. The Kier molecular flexibility index (Phi) is 5.78. The van der Waals surface area contributed by atoms with Crippen molar-refractivity contribution in [1.82, 2.24) is 0 Å². The Morgan fingerprint density at radius 3 is 1.94 bits per heavy atom. The van der Waals surface area contributed by atoms with E-state index < -0.39 is 20.3 Å². The van der Waals surface area contributed by atoms with Crippen molar-refractivity contribution in [3.8, 4) is 0 Å². The zero-order valence-electron chi connectivity index (χ0n) is 20.1. The van der Waals surface area contributed by atoms with E-state index in [1.165, 1.54) is 63.3 Å². The van der Waals surface area contributed by atoms with Gasteiger partial charge in [0.2, 0.25) is 0 Å². The van der Waals surface area contributed by atoms with Crippen LogP contribution in [0, 0.1) is 0 Å². The van der Waals surface area contributed by atoms with Crippen molar-refractivity contribution >= 4 is 66.9 Å². The first-order valence-electron chi connectivity index (χ1n) is 12.3. The molecule has 2 aliphatic carbocycles. The van der Waals surface area contributed by atoms with Gasteiger partial charge in [-0.05, 0) is 0 Å². The van der Waals surface area contributed by atoms with Crippen molar-refractivity contribution in [3.05, 3.63) is 127 Å². The van der Waals surface area contributed by atoms with Gasteiger partial charge in [0, 0.05) is 0 Å². The summed E-state index contributed by atoms with van der Waals surface area (Å²) in [5.41, 5.74) is 11.5. The Bertz CT molecular complexity index is 1600. The van der Waals surface area contributed by atoms with Gasteiger partial charge < -0.3 is 0 Å². The molecule has 4 aliphatic rings. The van der Waals surface area contributed by atoms with Crippen molar-refractivity contribution in [1.29, 1.82) is 0 Å². The molecule has 36 heavy (non-hydrogen) atoms. The summed E-state index contributed by atoms with van der Waals surface area (Å²) in [5.74, 6) is 0. The molecule has 8 bridgehead atoms. The standard InChI is InChI=1S/C30H18Br2S.2CH3.Zr/c31-28-11-12-30(27-17-22(16-26(27)28)20-9-5-2-6-10-20)33-24-14-23-13-21(15-25(23)29(32)18-24)19-7-3-1-4-8-19;;;/h1-18H;2*1H3;. The first-order valence-corrected chi connectivity index (χ1v) is 22.5. The Morgan fingerprint density at radius 1 is 0.667 bits per heavy atom. The Morgan fingerprint density at radius 2 is 1.28 bits per heavy atom. The molecular weight excluding hydrogens is 667 g/mol. The average Bonchev–Trinajstić information content (AvgIpc) is 3.48. The fourth-order valence-electron chi connectivity index (χ4n) is 6.62. The van der Waals surface area contributed by atoms with Crippen LogP contribution >= 0.6 is 43.6 Å². The van der Waals surface area contributed by atoms with Crippen molar-refractivity contribution < 1.29 is 20.3 Å². The number of rotatable bonds is 2. The molecule has 8 rings (SSSR count). The maximum atomic E-state index is 4.07. The van der Waals surface area contributed by atoms with Crippen LogP contribution in [0.5, 0.6) is 0 Å². The molecule has 4 aromatic rings. The number of hydrogen-bond acceptors (Lipinski definition) is 1. The molecule has 0 aromatic heterocycles. The van der Waals surface area contributed by atoms with Crippen molar-refractivity contribution in [2.75, 3.05) is 0 Å². The van der Waals surface area contributed by atoms with Crippen molar-refractivity contribution in [3.63, 3.8) is 0 Å². The number of benzene rings is 4. The van der Waals surface area contributed by atoms with E-state index in [-0.39, 0.29) is 0 Å². The van der Waals surface area contributed by atoms with E-state index in [0.29, 0.717) is 7.25 Å². The molecule has 2 aliphatic heterocycles. The predicted octanol–water partition coefficient (Wildman–Crippen LogP) is 10.8. The number of hydrogen-bond donors (Lipinski definition) is 0. The third-order valence-electron chi connectivity index (χ3n) is 8.07. The molecular formula is C32H24Br2SZr. The van der Waals surface area contributed by atoms with Gasteiger partial charge in [0.25, 0.3) is 0 Å². The Hall–Kier alpha value is -1.45. The van der Waals surface area contributed by atoms with Crippen LogP contribution in [-0.4, -0.2) is 0 Å². The SMILES string of the molecule is [CH3][Zr]1([CH3])[CH]2C(c3ccccc3)=Cc3cc(cc(Br)c32)Sc2ccc(Br)c3c2C=C(c2ccccc2)[CH]31. The van der Waals surface area contributed by atoms with Gasteiger partial charge in [-0.2, -0.15) is 0 Å². The molecule has 2 atom stereocenters. The summed E-state index contributed by atoms with van der Waals surface area (Å²) in [6.45, 7) is 0. The molecule has 4 heteroatoms. The summed E-state index contributed by atoms with van der Waals surface area (Å²) < 4.78 is 8.78. The Balaban J connectivity index is 1.57. The van der Waals surface area contributed by atoms with E-state index in [9.17, 15) is 0 Å². The minimum atomic E-state index is -3.12. The van der Waals surface area contributed by atoms with E-state index in [4.69, 9.17) is 0 Å². The van der Waals surface area contributed by atoms with Crippen LogP contribution < -0.4 is 0 Å². The molecule has 0 nitrogen and oxygen atoms in total. The minimum absolute atomic E-state index is 0.443.